The minimum atomic E-state index is -0.266. The van der Waals surface area contributed by atoms with Crippen molar-refractivity contribution in [1.29, 1.82) is 0 Å². The van der Waals surface area contributed by atoms with Crippen molar-refractivity contribution in [2.45, 2.75) is 6.04 Å². The van der Waals surface area contributed by atoms with Gasteiger partial charge in [-0.15, -0.1) is 0 Å². The standard InChI is InChI=1S/C15H21N3O3/c19-15(14-11-21-8-5-16-14)17-12-1-3-13(4-2-12)18-6-9-20-10-7-18/h1-4,14,16H,5-11H2,(H,17,19). The number of amides is 1. The van der Waals surface area contributed by atoms with Crippen LogP contribution >= 0.6 is 0 Å². The van der Waals surface area contributed by atoms with E-state index in [1.54, 1.807) is 0 Å². The Balaban J connectivity index is 1.57. The van der Waals surface area contributed by atoms with Crippen molar-refractivity contribution in [2.24, 2.45) is 0 Å². The van der Waals surface area contributed by atoms with Gasteiger partial charge in [0.25, 0.3) is 0 Å². The Morgan fingerprint density at radius 3 is 2.57 bits per heavy atom. The molecule has 0 aliphatic carbocycles. The molecule has 0 bridgehead atoms. The maximum atomic E-state index is 12.1. The van der Waals surface area contributed by atoms with Gasteiger partial charge in [-0.1, -0.05) is 0 Å². The van der Waals surface area contributed by atoms with Crippen LogP contribution in [-0.4, -0.2) is 58.0 Å². The molecule has 6 nitrogen and oxygen atoms in total. The van der Waals surface area contributed by atoms with E-state index in [1.807, 2.05) is 24.3 Å². The quantitative estimate of drug-likeness (QED) is 0.846. The van der Waals surface area contributed by atoms with Crippen LogP contribution in [0.2, 0.25) is 0 Å². The summed E-state index contributed by atoms with van der Waals surface area (Å²) < 4.78 is 10.6. The van der Waals surface area contributed by atoms with Crippen molar-refractivity contribution in [2.75, 3.05) is 56.3 Å². The molecular weight excluding hydrogens is 270 g/mol. The highest BCUT2D eigenvalue weighted by Gasteiger charge is 2.21. The summed E-state index contributed by atoms with van der Waals surface area (Å²) in [6.07, 6.45) is 0. The highest BCUT2D eigenvalue weighted by Crippen LogP contribution is 2.19. The predicted octanol–water partition coefficient (Wildman–Crippen LogP) is 0.450. The molecule has 21 heavy (non-hydrogen) atoms. The summed E-state index contributed by atoms with van der Waals surface area (Å²) in [5.74, 6) is -0.0474. The summed E-state index contributed by atoms with van der Waals surface area (Å²) in [6.45, 7) is 5.17. The average Bonchev–Trinajstić information content (AvgIpc) is 2.57. The van der Waals surface area contributed by atoms with Crippen LogP contribution in [0.15, 0.2) is 24.3 Å². The molecule has 0 aromatic heterocycles. The number of carbonyl (C=O) groups is 1. The molecule has 1 atom stereocenters. The van der Waals surface area contributed by atoms with E-state index in [0.717, 1.165) is 37.7 Å². The first-order valence-electron chi connectivity index (χ1n) is 7.38. The Labute approximate surface area is 124 Å². The minimum Gasteiger partial charge on any atom is -0.378 e. The monoisotopic (exact) mass is 291 g/mol. The van der Waals surface area contributed by atoms with Gasteiger partial charge >= 0.3 is 0 Å². The zero-order chi connectivity index (χ0) is 14.5. The van der Waals surface area contributed by atoms with Gasteiger partial charge in [-0.3, -0.25) is 4.79 Å². The second-order valence-corrected chi connectivity index (χ2v) is 5.22. The second kappa shape index (κ2) is 6.89. The zero-order valence-electron chi connectivity index (χ0n) is 12.0. The molecule has 2 fully saturated rings. The fourth-order valence-electron chi connectivity index (χ4n) is 2.54. The number of carbonyl (C=O) groups excluding carboxylic acids is 1. The van der Waals surface area contributed by atoms with E-state index < -0.39 is 0 Å². The fraction of sp³-hybridized carbons (Fsp3) is 0.533. The van der Waals surface area contributed by atoms with Crippen LogP contribution in [0, 0.1) is 0 Å². The molecule has 3 rings (SSSR count). The molecule has 2 saturated heterocycles. The van der Waals surface area contributed by atoms with Gasteiger partial charge in [0.15, 0.2) is 0 Å². The molecule has 2 aliphatic rings. The fourth-order valence-corrected chi connectivity index (χ4v) is 2.54. The Morgan fingerprint density at radius 2 is 1.90 bits per heavy atom. The van der Waals surface area contributed by atoms with Gasteiger partial charge < -0.3 is 25.0 Å². The molecule has 1 aromatic rings. The SMILES string of the molecule is O=C(Nc1ccc(N2CCOCC2)cc1)C1COCCN1. The van der Waals surface area contributed by atoms with Crippen LogP contribution in [-0.2, 0) is 14.3 Å². The highest BCUT2D eigenvalue weighted by atomic mass is 16.5. The molecule has 1 amide bonds. The van der Waals surface area contributed by atoms with Crippen LogP contribution < -0.4 is 15.5 Å². The van der Waals surface area contributed by atoms with E-state index in [0.29, 0.717) is 19.8 Å². The molecule has 2 heterocycles. The van der Waals surface area contributed by atoms with Crippen LogP contribution in [0.4, 0.5) is 11.4 Å². The van der Waals surface area contributed by atoms with Crippen molar-refractivity contribution < 1.29 is 14.3 Å². The number of morpholine rings is 2. The van der Waals surface area contributed by atoms with Crippen molar-refractivity contribution in [1.82, 2.24) is 5.32 Å². The number of ether oxygens (including phenoxy) is 2. The number of rotatable bonds is 3. The molecule has 1 aromatic carbocycles. The van der Waals surface area contributed by atoms with Gasteiger partial charge in [0.2, 0.25) is 5.91 Å². The summed E-state index contributed by atoms with van der Waals surface area (Å²) in [5, 5.41) is 6.06. The molecular formula is C15H21N3O3. The van der Waals surface area contributed by atoms with Gasteiger partial charge in [0.1, 0.15) is 6.04 Å². The Morgan fingerprint density at radius 1 is 1.14 bits per heavy atom. The number of hydrogen-bond acceptors (Lipinski definition) is 5. The molecule has 114 valence electrons. The molecule has 0 spiro atoms. The third kappa shape index (κ3) is 3.72. The van der Waals surface area contributed by atoms with Crippen molar-refractivity contribution in [3.63, 3.8) is 0 Å². The van der Waals surface area contributed by atoms with Gasteiger partial charge in [-0.05, 0) is 24.3 Å². The van der Waals surface area contributed by atoms with Crippen LogP contribution in [0.25, 0.3) is 0 Å². The topological polar surface area (TPSA) is 62.8 Å². The number of anilines is 2. The van der Waals surface area contributed by atoms with Gasteiger partial charge in [0.05, 0.1) is 26.4 Å². The lowest BCUT2D eigenvalue weighted by molar-refractivity contribution is -0.120. The van der Waals surface area contributed by atoms with E-state index in [9.17, 15) is 4.79 Å². The van der Waals surface area contributed by atoms with E-state index >= 15 is 0 Å². The summed E-state index contributed by atoms with van der Waals surface area (Å²) in [6, 6.07) is 7.67. The Hall–Kier alpha value is -1.63. The smallest absolute Gasteiger partial charge is 0.243 e. The zero-order valence-corrected chi connectivity index (χ0v) is 12.0. The first kappa shape index (κ1) is 14.3. The number of nitrogens with one attached hydrogen (secondary N) is 2. The molecule has 0 radical (unpaired) electrons. The third-order valence-corrected chi connectivity index (χ3v) is 3.75. The molecule has 2 N–H and O–H groups in total. The average molecular weight is 291 g/mol. The molecule has 2 aliphatic heterocycles. The van der Waals surface area contributed by atoms with Crippen molar-refractivity contribution in [3.8, 4) is 0 Å². The first-order valence-corrected chi connectivity index (χ1v) is 7.38. The number of hydrogen-bond donors (Lipinski definition) is 2. The van der Waals surface area contributed by atoms with Crippen LogP contribution in [0.3, 0.4) is 0 Å². The number of nitrogens with zero attached hydrogens (tertiary/aromatic N) is 1. The molecule has 1 unspecified atom stereocenters. The van der Waals surface area contributed by atoms with Crippen LogP contribution in [0.1, 0.15) is 0 Å². The highest BCUT2D eigenvalue weighted by molar-refractivity contribution is 5.95. The predicted molar refractivity (Wildman–Crippen MR) is 80.7 cm³/mol. The lowest BCUT2D eigenvalue weighted by atomic mass is 10.2. The van der Waals surface area contributed by atoms with E-state index in [1.165, 1.54) is 0 Å². The first-order chi connectivity index (χ1) is 10.3. The number of benzene rings is 1. The van der Waals surface area contributed by atoms with Crippen molar-refractivity contribution in [3.05, 3.63) is 24.3 Å². The molecule has 6 heteroatoms. The Bertz CT molecular complexity index is 466. The van der Waals surface area contributed by atoms with Crippen LogP contribution in [0.5, 0.6) is 0 Å². The van der Waals surface area contributed by atoms with Gasteiger partial charge in [-0.25, -0.2) is 0 Å². The van der Waals surface area contributed by atoms with E-state index in [4.69, 9.17) is 9.47 Å². The maximum absolute atomic E-state index is 12.1. The Kier molecular flexibility index (Phi) is 4.69. The van der Waals surface area contributed by atoms with E-state index in [-0.39, 0.29) is 11.9 Å². The maximum Gasteiger partial charge on any atom is 0.243 e. The van der Waals surface area contributed by atoms with Gasteiger partial charge in [0, 0.05) is 31.0 Å². The third-order valence-electron chi connectivity index (χ3n) is 3.75. The minimum absolute atomic E-state index is 0.0474. The summed E-state index contributed by atoms with van der Waals surface area (Å²) in [5.41, 5.74) is 1.97. The second-order valence-electron chi connectivity index (χ2n) is 5.22. The summed E-state index contributed by atoms with van der Waals surface area (Å²) in [4.78, 5) is 14.4. The molecule has 0 saturated carbocycles. The van der Waals surface area contributed by atoms with Crippen molar-refractivity contribution >= 4 is 17.3 Å². The van der Waals surface area contributed by atoms with E-state index in [2.05, 4.69) is 15.5 Å². The largest absolute Gasteiger partial charge is 0.378 e. The lowest BCUT2D eigenvalue weighted by Gasteiger charge is -2.29. The summed E-state index contributed by atoms with van der Waals surface area (Å²) >= 11 is 0. The lowest BCUT2D eigenvalue weighted by Crippen LogP contribution is -2.48. The summed E-state index contributed by atoms with van der Waals surface area (Å²) in [7, 11) is 0. The normalized spacial score (nSPS) is 22.9. The van der Waals surface area contributed by atoms with Gasteiger partial charge in [-0.2, -0.15) is 0 Å².